The molecule has 0 unspecified atom stereocenters. The van der Waals surface area contributed by atoms with Crippen LogP contribution in [0.4, 0.5) is 10.7 Å². The highest BCUT2D eigenvalue weighted by Gasteiger charge is 2.15. The summed E-state index contributed by atoms with van der Waals surface area (Å²) >= 11 is 4.85. The van der Waals surface area contributed by atoms with E-state index in [-0.39, 0.29) is 5.78 Å². The molecule has 3 nitrogen and oxygen atoms in total. The van der Waals surface area contributed by atoms with Gasteiger partial charge in [0.2, 0.25) is 0 Å². The molecule has 0 atom stereocenters. The van der Waals surface area contributed by atoms with Crippen molar-refractivity contribution >= 4 is 43.9 Å². The Bertz CT molecular complexity index is 607. The zero-order chi connectivity index (χ0) is 13.3. The Balaban J connectivity index is 2.41. The summed E-state index contributed by atoms with van der Waals surface area (Å²) in [6.45, 7) is 5.44. The molecule has 0 saturated carbocycles. The molecule has 5 heteroatoms. The number of aromatic nitrogens is 1. The Morgan fingerprint density at radius 1 is 1.39 bits per heavy atom. The van der Waals surface area contributed by atoms with E-state index in [0.29, 0.717) is 5.56 Å². The van der Waals surface area contributed by atoms with Gasteiger partial charge in [-0.15, -0.1) is 0 Å². The first-order chi connectivity index (χ1) is 8.50. The Hall–Kier alpha value is -1.20. The summed E-state index contributed by atoms with van der Waals surface area (Å²) in [7, 11) is 0. The molecule has 0 fully saturated rings. The predicted molar refractivity (Wildman–Crippen MR) is 79.0 cm³/mol. The van der Waals surface area contributed by atoms with E-state index in [1.807, 2.05) is 32.0 Å². The molecule has 0 aliphatic rings. The first-order valence-electron chi connectivity index (χ1n) is 5.50. The van der Waals surface area contributed by atoms with Crippen LogP contribution in [0.5, 0.6) is 0 Å². The molecular weight excluding hydrogens is 312 g/mol. The van der Waals surface area contributed by atoms with Crippen molar-refractivity contribution in [2.24, 2.45) is 0 Å². The smallest absolute Gasteiger partial charge is 0.164 e. The van der Waals surface area contributed by atoms with E-state index in [1.54, 1.807) is 6.92 Å². The third-order valence-corrected chi connectivity index (χ3v) is 4.56. The van der Waals surface area contributed by atoms with Crippen LogP contribution in [0.3, 0.4) is 0 Å². The molecule has 0 amide bonds. The van der Waals surface area contributed by atoms with Crippen molar-refractivity contribution in [2.75, 3.05) is 5.32 Å². The van der Waals surface area contributed by atoms with Crippen LogP contribution in [0.15, 0.2) is 22.7 Å². The van der Waals surface area contributed by atoms with Gasteiger partial charge in [0.15, 0.2) is 5.78 Å². The van der Waals surface area contributed by atoms with Crippen molar-refractivity contribution < 1.29 is 4.79 Å². The van der Waals surface area contributed by atoms with E-state index in [1.165, 1.54) is 11.5 Å². The van der Waals surface area contributed by atoms with Gasteiger partial charge in [-0.05, 0) is 59.9 Å². The maximum absolute atomic E-state index is 11.6. The molecule has 0 saturated heterocycles. The van der Waals surface area contributed by atoms with Crippen molar-refractivity contribution in [2.45, 2.75) is 20.8 Å². The minimum atomic E-state index is 0.0347. The fourth-order valence-electron chi connectivity index (χ4n) is 1.74. The number of carbonyl (C=O) groups excluding carboxylic acids is 1. The Morgan fingerprint density at radius 2 is 2.11 bits per heavy atom. The summed E-state index contributed by atoms with van der Waals surface area (Å²) < 4.78 is 5.23. The van der Waals surface area contributed by atoms with Crippen LogP contribution >= 0.6 is 27.5 Å². The van der Waals surface area contributed by atoms with Gasteiger partial charge < -0.3 is 5.32 Å². The molecule has 2 rings (SSSR count). The number of hydrogen-bond acceptors (Lipinski definition) is 4. The van der Waals surface area contributed by atoms with E-state index in [9.17, 15) is 4.79 Å². The van der Waals surface area contributed by atoms with Crippen LogP contribution in [0.25, 0.3) is 0 Å². The highest BCUT2D eigenvalue weighted by Crippen LogP contribution is 2.33. The van der Waals surface area contributed by atoms with Crippen LogP contribution in [-0.4, -0.2) is 10.2 Å². The van der Waals surface area contributed by atoms with Crippen LogP contribution in [0.2, 0.25) is 0 Å². The largest absolute Gasteiger partial charge is 0.344 e. The molecule has 1 aromatic heterocycles. The lowest BCUT2D eigenvalue weighted by Gasteiger charge is -2.09. The lowest BCUT2D eigenvalue weighted by molar-refractivity contribution is 0.101. The number of aryl methyl sites for hydroxylation is 2. The second kappa shape index (κ2) is 5.20. The summed E-state index contributed by atoms with van der Waals surface area (Å²) in [5.74, 6) is 0.0347. The van der Waals surface area contributed by atoms with E-state index < -0.39 is 0 Å². The molecule has 0 bridgehead atoms. The number of carbonyl (C=O) groups is 1. The second-order valence-electron chi connectivity index (χ2n) is 4.09. The molecule has 0 spiro atoms. The SMILES string of the molecule is CC(=O)c1c(C)nsc1Nc1cccc(C)c1Br. The number of anilines is 2. The summed E-state index contributed by atoms with van der Waals surface area (Å²) in [4.78, 5) is 11.6. The van der Waals surface area contributed by atoms with Crippen molar-refractivity contribution in [1.82, 2.24) is 4.37 Å². The summed E-state index contributed by atoms with van der Waals surface area (Å²) in [5.41, 5.74) is 3.54. The summed E-state index contributed by atoms with van der Waals surface area (Å²) in [5, 5.41) is 4.07. The van der Waals surface area contributed by atoms with E-state index in [4.69, 9.17) is 0 Å². The molecule has 2 aromatic rings. The molecule has 0 aliphatic heterocycles. The average molecular weight is 325 g/mol. The van der Waals surface area contributed by atoms with Gasteiger partial charge in [-0.25, -0.2) is 0 Å². The van der Waals surface area contributed by atoms with E-state index in [0.717, 1.165) is 26.4 Å². The van der Waals surface area contributed by atoms with Crippen LogP contribution in [0, 0.1) is 13.8 Å². The van der Waals surface area contributed by atoms with Gasteiger partial charge in [0.05, 0.1) is 16.9 Å². The minimum Gasteiger partial charge on any atom is -0.344 e. The quantitative estimate of drug-likeness (QED) is 0.847. The molecule has 1 heterocycles. The van der Waals surface area contributed by atoms with Gasteiger partial charge in [0, 0.05) is 4.47 Å². The zero-order valence-electron chi connectivity index (χ0n) is 10.4. The third-order valence-electron chi connectivity index (χ3n) is 2.65. The zero-order valence-corrected chi connectivity index (χ0v) is 12.8. The number of halogens is 1. The van der Waals surface area contributed by atoms with Gasteiger partial charge in [-0.1, -0.05) is 12.1 Å². The number of rotatable bonds is 3. The van der Waals surface area contributed by atoms with Gasteiger partial charge in [-0.2, -0.15) is 4.37 Å². The number of hydrogen-bond donors (Lipinski definition) is 1. The minimum absolute atomic E-state index is 0.0347. The Labute approximate surface area is 119 Å². The van der Waals surface area contributed by atoms with Crippen LogP contribution in [-0.2, 0) is 0 Å². The topological polar surface area (TPSA) is 42.0 Å². The van der Waals surface area contributed by atoms with Crippen molar-refractivity contribution in [3.8, 4) is 0 Å². The molecule has 94 valence electrons. The van der Waals surface area contributed by atoms with E-state index >= 15 is 0 Å². The molecule has 18 heavy (non-hydrogen) atoms. The van der Waals surface area contributed by atoms with E-state index in [2.05, 4.69) is 25.6 Å². The number of nitrogens with zero attached hydrogens (tertiary/aromatic N) is 1. The van der Waals surface area contributed by atoms with Crippen molar-refractivity contribution in [3.05, 3.63) is 39.5 Å². The number of benzene rings is 1. The fraction of sp³-hybridized carbons (Fsp3) is 0.231. The average Bonchev–Trinajstić information content (AvgIpc) is 2.66. The number of Topliss-reactive ketones (excluding diaryl/α,β-unsaturated/α-hetero) is 1. The number of ketones is 1. The lowest BCUT2D eigenvalue weighted by atomic mass is 10.1. The fourth-order valence-corrected chi connectivity index (χ4v) is 2.96. The molecule has 0 radical (unpaired) electrons. The second-order valence-corrected chi connectivity index (χ2v) is 5.66. The normalized spacial score (nSPS) is 10.4. The highest BCUT2D eigenvalue weighted by molar-refractivity contribution is 9.10. The van der Waals surface area contributed by atoms with Gasteiger partial charge >= 0.3 is 0 Å². The predicted octanol–water partition coefficient (Wildman–Crippen LogP) is 4.47. The molecular formula is C13H13BrN2OS. The highest BCUT2D eigenvalue weighted by atomic mass is 79.9. The maximum Gasteiger partial charge on any atom is 0.164 e. The van der Waals surface area contributed by atoms with Crippen molar-refractivity contribution in [3.63, 3.8) is 0 Å². The Morgan fingerprint density at radius 3 is 2.78 bits per heavy atom. The molecule has 0 aliphatic carbocycles. The van der Waals surface area contributed by atoms with Crippen LogP contribution in [0.1, 0.15) is 28.5 Å². The van der Waals surface area contributed by atoms with Crippen molar-refractivity contribution in [1.29, 1.82) is 0 Å². The third kappa shape index (κ3) is 2.47. The maximum atomic E-state index is 11.6. The standard InChI is InChI=1S/C13H13BrN2OS/c1-7-5-4-6-10(12(7)14)15-13-11(9(3)17)8(2)16-18-13/h4-6,15H,1-3H3. The summed E-state index contributed by atoms with van der Waals surface area (Å²) in [6, 6.07) is 5.97. The Kier molecular flexibility index (Phi) is 3.82. The van der Waals surface area contributed by atoms with Gasteiger partial charge in [-0.3, -0.25) is 4.79 Å². The van der Waals surface area contributed by atoms with Gasteiger partial charge in [0.25, 0.3) is 0 Å². The number of nitrogens with one attached hydrogen (secondary N) is 1. The molecule has 1 N–H and O–H groups in total. The summed E-state index contributed by atoms with van der Waals surface area (Å²) in [6.07, 6.45) is 0. The molecule has 1 aromatic carbocycles. The monoisotopic (exact) mass is 324 g/mol. The van der Waals surface area contributed by atoms with Crippen LogP contribution < -0.4 is 5.32 Å². The first-order valence-corrected chi connectivity index (χ1v) is 7.06. The first kappa shape index (κ1) is 13.2. The van der Waals surface area contributed by atoms with Gasteiger partial charge in [0.1, 0.15) is 5.00 Å². The lowest BCUT2D eigenvalue weighted by Crippen LogP contribution is -1.99.